The first-order valence-corrected chi connectivity index (χ1v) is 31.4. The lowest BCUT2D eigenvalue weighted by Gasteiger charge is -2.43. The van der Waals surface area contributed by atoms with E-state index in [1.807, 2.05) is 24.3 Å². The Bertz CT molecular complexity index is 3710. The van der Waals surface area contributed by atoms with E-state index < -0.39 is 106 Å². The summed E-state index contributed by atoms with van der Waals surface area (Å²) in [5, 5.41) is 60.5. The summed E-state index contributed by atoms with van der Waals surface area (Å²) in [5.74, 6) is -4.69. The summed E-state index contributed by atoms with van der Waals surface area (Å²) in [6.07, 6.45) is 6.98. The molecule has 3 heterocycles. The first kappa shape index (κ1) is 62.2. The fourth-order valence-electron chi connectivity index (χ4n) is 13.6. The molecule has 18 nitrogen and oxygen atoms in total. The Morgan fingerprint density at radius 3 is 2.34 bits per heavy atom. The molecule has 86 heavy (non-hydrogen) atoms. The van der Waals surface area contributed by atoms with Crippen molar-refractivity contribution in [2.24, 2.45) is 0 Å². The van der Waals surface area contributed by atoms with Crippen LogP contribution in [0.5, 0.6) is 17.2 Å². The second-order valence-electron chi connectivity index (χ2n) is 24.4. The lowest BCUT2D eigenvalue weighted by atomic mass is 9.72. The molecule has 20 heteroatoms. The largest absolute Gasteiger partial charge is 0.507 e. The third kappa shape index (κ3) is 11.6. The molecule has 10 rings (SSSR count). The third-order valence-electron chi connectivity index (χ3n) is 18.1. The number of aliphatic hydroxyl groups excluding tert-OH is 2. The van der Waals surface area contributed by atoms with Crippen molar-refractivity contribution in [3.05, 3.63) is 157 Å². The van der Waals surface area contributed by atoms with Crippen molar-refractivity contribution in [1.82, 2.24) is 5.32 Å². The van der Waals surface area contributed by atoms with Crippen LogP contribution in [0.3, 0.4) is 0 Å². The van der Waals surface area contributed by atoms with Gasteiger partial charge < -0.3 is 50.0 Å². The summed E-state index contributed by atoms with van der Waals surface area (Å²) < 4.78 is 52.4. The van der Waals surface area contributed by atoms with E-state index in [1.165, 1.54) is 36.4 Å². The molecule has 0 spiro atoms. The number of rotatable bonds is 19. The van der Waals surface area contributed by atoms with E-state index in [4.69, 9.17) is 25.8 Å². The fraction of sp³-hybridized carbons (Fsp3) is 0.439. The average molecular weight is 1220 g/mol. The second kappa shape index (κ2) is 24.4. The van der Waals surface area contributed by atoms with E-state index in [-0.39, 0.29) is 63.3 Å². The molecule has 456 valence electrons. The lowest BCUT2D eigenvalue weighted by Crippen LogP contribution is -2.55. The van der Waals surface area contributed by atoms with Crippen LogP contribution < -0.4 is 15.0 Å². The van der Waals surface area contributed by atoms with Gasteiger partial charge in [-0.05, 0) is 94.2 Å². The Hall–Kier alpha value is -6.81. The van der Waals surface area contributed by atoms with Crippen LogP contribution in [0, 0.1) is 0 Å². The molecular weight excluding hydrogens is 1140 g/mol. The molecule has 0 aromatic heterocycles. The number of anilines is 1. The number of halogens is 1. The molecule has 1 amide bonds. The minimum Gasteiger partial charge on any atom is -0.507 e. The van der Waals surface area contributed by atoms with Crippen LogP contribution in [0.1, 0.15) is 159 Å². The Balaban J connectivity index is 0.826. The number of carbonyl (C=O) groups is 4. The lowest BCUT2D eigenvalue weighted by molar-refractivity contribution is -0.438. The zero-order valence-electron chi connectivity index (χ0n) is 49.2. The summed E-state index contributed by atoms with van der Waals surface area (Å²) in [7, 11) is -2.74. The number of aromatic hydroxyl groups is 2. The number of unbranched alkanes of at least 4 members (excludes halogenated alkanes) is 2. The first-order valence-electron chi connectivity index (χ1n) is 29.4. The van der Waals surface area contributed by atoms with Crippen LogP contribution in [0.4, 0.5) is 11.4 Å². The summed E-state index contributed by atoms with van der Waals surface area (Å²) in [6, 6.07) is 20.0. The van der Waals surface area contributed by atoms with Gasteiger partial charge in [0.1, 0.15) is 42.1 Å². The highest BCUT2D eigenvalue weighted by atomic mass is 35.5. The number of ether oxygens (including phenoxy) is 3. The standard InChI is InChI=1S/C66H74ClN3O15S/c1-37-59(74)44(33-53(84-37)85-48-35-66(79,51(72)36-71)34-41-55(48)63(78)57-56(61(41)76)60(75)40-19-16-24-47(83-6)54(40)62(57)77)68-52(73)25-11-12-30-69-45-22-9-7-20-42(45)64(2,3)49(69)28-26-38-17-15-18-39(58(38)67)27-29-50-65(4,5)43-21-8-10-23-46(43)70(50)31-13-14-32-86(80,81)82/h7-10,16,19-24,26-29,37,44,48,53,59,71,74,79H,11-15,17-18,25,30-36H2,1-6H3,(H3-,68,73,75,76,77,78,80,81,82)/p+1/t37-,44-,48-,53-,59-,66-/m0/s1. The number of fused-ring (bicyclic) bond motifs is 5. The summed E-state index contributed by atoms with van der Waals surface area (Å²) in [5.41, 5.74) is 3.92. The maximum absolute atomic E-state index is 14.2. The smallest absolute Gasteiger partial charge is 0.264 e. The number of benzene rings is 4. The Kier molecular flexibility index (Phi) is 17.7. The van der Waals surface area contributed by atoms with Crippen molar-refractivity contribution in [3.8, 4) is 17.2 Å². The summed E-state index contributed by atoms with van der Waals surface area (Å²) in [6.45, 7) is 10.4. The number of allylic oxidation sites excluding steroid dienone is 8. The number of para-hydroxylation sites is 2. The van der Waals surface area contributed by atoms with E-state index >= 15 is 0 Å². The zero-order valence-corrected chi connectivity index (χ0v) is 50.8. The van der Waals surface area contributed by atoms with Gasteiger partial charge in [0, 0.05) is 94.9 Å². The van der Waals surface area contributed by atoms with Gasteiger partial charge in [-0.3, -0.25) is 23.7 Å². The number of phenols is 2. The molecule has 4 aromatic rings. The first-order chi connectivity index (χ1) is 40.8. The molecule has 6 aliphatic rings. The molecule has 0 saturated carbocycles. The molecule has 3 aliphatic heterocycles. The average Bonchev–Trinajstić information content (AvgIpc) is 1.01. The van der Waals surface area contributed by atoms with E-state index in [0.29, 0.717) is 43.8 Å². The predicted molar refractivity (Wildman–Crippen MR) is 323 cm³/mol. The van der Waals surface area contributed by atoms with Crippen LogP contribution >= 0.6 is 11.6 Å². The van der Waals surface area contributed by atoms with Gasteiger partial charge in [0.25, 0.3) is 10.1 Å². The number of nitrogens with zero attached hydrogens (tertiary/aromatic N) is 2. The van der Waals surface area contributed by atoms with E-state index in [1.54, 1.807) is 6.92 Å². The number of amides is 1. The van der Waals surface area contributed by atoms with Gasteiger partial charge in [0.2, 0.25) is 17.4 Å². The molecule has 4 aromatic carbocycles. The Labute approximate surface area is 505 Å². The van der Waals surface area contributed by atoms with Crippen molar-refractivity contribution in [3.63, 3.8) is 0 Å². The molecule has 0 unspecified atom stereocenters. The highest BCUT2D eigenvalue weighted by molar-refractivity contribution is 7.85. The second-order valence-corrected chi connectivity index (χ2v) is 26.3. The van der Waals surface area contributed by atoms with Gasteiger partial charge in [0.15, 0.2) is 23.6 Å². The third-order valence-corrected chi connectivity index (χ3v) is 19.4. The minimum atomic E-state index is -4.06. The number of hydrogen-bond donors (Lipinski definition) is 7. The predicted octanol–water partition coefficient (Wildman–Crippen LogP) is 8.91. The van der Waals surface area contributed by atoms with Crippen LogP contribution in [0.25, 0.3) is 0 Å². The Morgan fingerprint density at radius 1 is 0.884 bits per heavy atom. The highest BCUT2D eigenvalue weighted by Crippen LogP contribution is 2.53. The number of methoxy groups -OCH3 is 1. The highest BCUT2D eigenvalue weighted by Gasteiger charge is 2.51. The monoisotopic (exact) mass is 1220 g/mol. The number of carbonyl (C=O) groups excluding carboxylic acids is 4. The molecule has 7 N–H and O–H groups in total. The molecule has 1 fully saturated rings. The topological polar surface area (TPSA) is 270 Å². The van der Waals surface area contributed by atoms with Gasteiger partial charge in [-0.25, -0.2) is 0 Å². The van der Waals surface area contributed by atoms with Crippen LogP contribution in [-0.4, -0.2) is 135 Å². The SMILES string of the molecule is COc1cccc2c1C(=O)c1c(O)c3c(c(O)c1C2=O)C[C@@](O)(C(=O)CO)C[C@@H]3O[C@H]1C[C@H](NC(=O)CCCCN2/C(=C/C=C3\CCCC(/C=C/C4=[N+](CCCCS(=O)(=O)O)c5ccccc5C4(C)C)=C3Cl)C(C)(C)c3ccccc32)[C@@H](O)[C@H](C)O1. The number of Topliss-reactive ketones (excluding diaryl/α,β-unsaturated/α-hetero) is 1. The quantitative estimate of drug-likeness (QED) is 0.0176. The number of phenolic OH excluding ortho intramolecular Hbond substituents is 2. The van der Waals surface area contributed by atoms with Crippen LogP contribution in [0.2, 0.25) is 0 Å². The van der Waals surface area contributed by atoms with Gasteiger partial charge in [-0.2, -0.15) is 13.0 Å². The van der Waals surface area contributed by atoms with E-state index in [9.17, 15) is 57.7 Å². The number of nitrogens with one attached hydrogen (secondary N) is 1. The van der Waals surface area contributed by atoms with E-state index in [0.717, 1.165) is 53.2 Å². The van der Waals surface area contributed by atoms with Crippen molar-refractivity contribution >= 4 is 62.1 Å². The molecule has 0 bridgehead atoms. The minimum absolute atomic E-state index is 0.0599. The fourth-order valence-corrected chi connectivity index (χ4v) is 14.5. The van der Waals surface area contributed by atoms with E-state index in [2.05, 4.69) is 91.1 Å². The van der Waals surface area contributed by atoms with Crippen molar-refractivity contribution in [2.75, 3.05) is 37.5 Å². The molecular formula is C66H75ClN3O15S+. The normalized spacial score (nSPS) is 24.9. The van der Waals surface area contributed by atoms with Crippen LogP contribution in [0.15, 0.2) is 113 Å². The summed E-state index contributed by atoms with van der Waals surface area (Å²) in [4.78, 5) is 57.5. The number of hydrogen-bond acceptors (Lipinski definition) is 15. The van der Waals surface area contributed by atoms with Crippen LogP contribution in [-0.2, 0) is 46.4 Å². The maximum atomic E-state index is 14.2. The summed E-state index contributed by atoms with van der Waals surface area (Å²) >= 11 is 7.31. The number of ketones is 3. The van der Waals surface area contributed by atoms with Gasteiger partial charge in [0.05, 0.1) is 53.2 Å². The molecule has 0 radical (unpaired) electrons. The zero-order chi connectivity index (χ0) is 61.8. The van der Waals surface area contributed by atoms with Crippen molar-refractivity contribution in [1.29, 1.82) is 0 Å². The van der Waals surface area contributed by atoms with Gasteiger partial charge in [-0.15, -0.1) is 0 Å². The maximum Gasteiger partial charge on any atom is 0.264 e. The van der Waals surface area contributed by atoms with Crippen molar-refractivity contribution < 1.29 is 76.5 Å². The van der Waals surface area contributed by atoms with Gasteiger partial charge >= 0.3 is 0 Å². The van der Waals surface area contributed by atoms with Crippen molar-refractivity contribution in [2.45, 2.75) is 152 Å². The molecule has 3 aliphatic carbocycles. The molecule has 6 atom stereocenters. The molecule has 1 saturated heterocycles. The Morgan fingerprint density at radius 2 is 1.60 bits per heavy atom. The van der Waals surface area contributed by atoms with Gasteiger partial charge in [-0.1, -0.05) is 86.1 Å². The number of aliphatic hydroxyl groups is 3.